The van der Waals surface area contributed by atoms with Crippen molar-refractivity contribution in [2.75, 3.05) is 13.1 Å². The van der Waals surface area contributed by atoms with Gasteiger partial charge in [-0.3, -0.25) is 4.79 Å². The van der Waals surface area contributed by atoms with E-state index in [1.165, 1.54) is 18.2 Å². The van der Waals surface area contributed by atoms with Crippen molar-refractivity contribution in [3.8, 4) is 0 Å². The molecule has 0 radical (unpaired) electrons. The number of benzene rings is 1. The van der Waals surface area contributed by atoms with Crippen molar-refractivity contribution in [2.45, 2.75) is 36.2 Å². The van der Waals surface area contributed by atoms with Crippen LogP contribution in [0.25, 0.3) is 0 Å². The number of piperidine rings is 1. The molecule has 1 saturated heterocycles. The molecular weight excluding hydrogens is 360 g/mol. The lowest BCUT2D eigenvalue weighted by Crippen LogP contribution is -2.38. The molecule has 140 valence electrons. The topological polar surface area (TPSA) is 64.2 Å². The van der Waals surface area contributed by atoms with Gasteiger partial charge in [0.25, 0.3) is 0 Å². The van der Waals surface area contributed by atoms with Gasteiger partial charge in [0.2, 0.25) is 5.91 Å². The summed E-state index contributed by atoms with van der Waals surface area (Å²) >= 11 is 1.46. The predicted molar refractivity (Wildman–Crippen MR) is 103 cm³/mol. The number of nitrogens with zero attached hydrogens (tertiary/aromatic N) is 4. The van der Waals surface area contributed by atoms with Gasteiger partial charge in [-0.15, -0.1) is 10.2 Å². The summed E-state index contributed by atoms with van der Waals surface area (Å²) in [5.74, 6) is 0.980. The number of thioether (sulfide) groups is 1. The van der Waals surface area contributed by atoms with Crippen LogP contribution in [0.2, 0.25) is 0 Å². The van der Waals surface area contributed by atoms with Crippen LogP contribution in [0.1, 0.15) is 35.8 Å². The van der Waals surface area contributed by atoms with Crippen molar-refractivity contribution in [3.63, 3.8) is 0 Å². The van der Waals surface area contributed by atoms with Crippen LogP contribution in [0, 0.1) is 0 Å². The minimum Gasteiger partial charge on any atom is -0.467 e. The summed E-state index contributed by atoms with van der Waals surface area (Å²) < 4.78 is 7.35. The van der Waals surface area contributed by atoms with Crippen LogP contribution in [0.4, 0.5) is 0 Å². The van der Waals surface area contributed by atoms with Crippen LogP contribution in [0.5, 0.6) is 0 Å². The summed E-state index contributed by atoms with van der Waals surface area (Å²) in [5.41, 5.74) is 0.991. The molecule has 0 spiro atoms. The summed E-state index contributed by atoms with van der Waals surface area (Å²) in [6.07, 6.45) is 6.68. The van der Waals surface area contributed by atoms with E-state index in [2.05, 4.69) is 10.2 Å². The molecule has 7 heteroatoms. The number of hydrogen-bond acceptors (Lipinski definition) is 5. The van der Waals surface area contributed by atoms with Crippen molar-refractivity contribution < 1.29 is 9.21 Å². The summed E-state index contributed by atoms with van der Waals surface area (Å²) in [5, 5.41) is 8.68. The molecule has 27 heavy (non-hydrogen) atoms. The summed E-state index contributed by atoms with van der Waals surface area (Å²) in [4.78, 5) is 15.3. The van der Waals surface area contributed by atoms with E-state index in [0.717, 1.165) is 37.3 Å². The zero-order chi connectivity index (χ0) is 18.5. The number of hydrogen-bond donors (Lipinski definition) is 0. The van der Waals surface area contributed by atoms with Crippen LogP contribution in [-0.4, -0.2) is 38.7 Å². The maximum atomic E-state index is 13.3. The van der Waals surface area contributed by atoms with Gasteiger partial charge in [-0.1, -0.05) is 42.1 Å². The molecule has 0 saturated carbocycles. The Morgan fingerprint density at radius 1 is 1.11 bits per heavy atom. The molecule has 0 bridgehead atoms. The summed E-state index contributed by atoms with van der Waals surface area (Å²) in [6.45, 7) is 2.21. The molecular formula is C20H22N4O2S. The van der Waals surface area contributed by atoms with E-state index in [1.54, 1.807) is 12.6 Å². The quantitative estimate of drug-likeness (QED) is 0.607. The largest absolute Gasteiger partial charge is 0.467 e. The second kappa shape index (κ2) is 8.43. The van der Waals surface area contributed by atoms with Gasteiger partial charge in [0.05, 0.1) is 12.8 Å². The SMILES string of the molecule is O=C([C@@H](Sc1nncn1Cc1ccco1)c1ccccc1)N1CCCCC1. The normalized spacial score (nSPS) is 15.6. The van der Waals surface area contributed by atoms with Gasteiger partial charge in [0.15, 0.2) is 5.16 Å². The number of aromatic nitrogens is 3. The lowest BCUT2D eigenvalue weighted by atomic mass is 10.1. The summed E-state index contributed by atoms with van der Waals surface area (Å²) in [7, 11) is 0. The van der Waals surface area contributed by atoms with Crippen molar-refractivity contribution in [1.82, 2.24) is 19.7 Å². The van der Waals surface area contributed by atoms with Crippen LogP contribution in [-0.2, 0) is 11.3 Å². The molecule has 1 amide bonds. The average Bonchev–Trinajstić information content (AvgIpc) is 3.39. The fourth-order valence-corrected chi connectivity index (χ4v) is 4.38. The van der Waals surface area contributed by atoms with Gasteiger partial charge < -0.3 is 13.9 Å². The third-order valence-electron chi connectivity index (χ3n) is 4.70. The molecule has 6 nitrogen and oxygen atoms in total. The first-order valence-electron chi connectivity index (χ1n) is 9.22. The predicted octanol–water partition coefficient (Wildman–Crippen LogP) is 3.77. The molecule has 0 N–H and O–H groups in total. The highest BCUT2D eigenvalue weighted by molar-refractivity contribution is 8.00. The molecule has 1 aromatic carbocycles. The molecule has 2 aromatic heterocycles. The molecule has 1 fully saturated rings. The first kappa shape index (κ1) is 17.9. The van der Waals surface area contributed by atoms with Gasteiger partial charge in [-0.25, -0.2) is 0 Å². The highest BCUT2D eigenvalue weighted by Crippen LogP contribution is 2.36. The van der Waals surface area contributed by atoms with Crippen LogP contribution < -0.4 is 0 Å². The number of amides is 1. The lowest BCUT2D eigenvalue weighted by molar-refractivity contribution is -0.131. The molecule has 0 aliphatic carbocycles. The van der Waals surface area contributed by atoms with E-state index in [4.69, 9.17) is 4.42 Å². The molecule has 1 atom stereocenters. The Hall–Kier alpha value is -2.54. The van der Waals surface area contributed by atoms with Gasteiger partial charge in [-0.2, -0.15) is 0 Å². The summed E-state index contributed by atoms with van der Waals surface area (Å²) in [6, 6.07) is 13.7. The Kier molecular flexibility index (Phi) is 5.58. The van der Waals surface area contributed by atoms with Crippen LogP contribution in [0.15, 0.2) is 64.6 Å². The number of carbonyl (C=O) groups excluding carboxylic acids is 1. The van der Waals surface area contributed by atoms with E-state index in [9.17, 15) is 4.79 Å². The smallest absolute Gasteiger partial charge is 0.240 e. The van der Waals surface area contributed by atoms with E-state index in [1.807, 2.05) is 51.9 Å². The minimum absolute atomic E-state index is 0.151. The lowest BCUT2D eigenvalue weighted by Gasteiger charge is -2.30. The van der Waals surface area contributed by atoms with E-state index in [-0.39, 0.29) is 11.2 Å². The first-order chi connectivity index (χ1) is 13.3. The Morgan fingerprint density at radius 2 is 1.93 bits per heavy atom. The monoisotopic (exact) mass is 382 g/mol. The molecule has 1 aliphatic heterocycles. The Bertz CT molecular complexity index is 857. The third kappa shape index (κ3) is 4.24. The number of carbonyl (C=O) groups is 1. The van der Waals surface area contributed by atoms with E-state index in [0.29, 0.717) is 11.7 Å². The highest BCUT2D eigenvalue weighted by Gasteiger charge is 2.29. The van der Waals surface area contributed by atoms with Gasteiger partial charge in [0, 0.05) is 13.1 Å². The van der Waals surface area contributed by atoms with Gasteiger partial charge >= 0.3 is 0 Å². The van der Waals surface area contributed by atoms with Crippen LogP contribution >= 0.6 is 11.8 Å². The van der Waals surface area contributed by atoms with Crippen molar-refractivity contribution in [2.24, 2.45) is 0 Å². The first-order valence-corrected chi connectivity index (χ1v) is 10.1. The fraction of sp³-hybridized carbons (Fsp3) is 0.350. The number of rotatable bonds is 6. The van der Waals surface area contributed by atoms with Crippen LogP contribution in [0.3, 0.4) is 0 Å². The Morgan fingerprint density at radius 3 is 2.67 bits per heavy atom. The maximum absolute atomic E-state index is 13.3. The van der Waals surface area contributed by atoms with Crippen molar-refractivity contribution in [1.29, 1.82) is 0 Å². The molecule has 4 rings (SSSR count). The van der Waals surface area contributed by atoms with Crippen molar-refractivity contribution >= 4 is 17.7 Å². The molecule has 3 aromatic rings. The zero-order valence-corrected chi connectivity index (χ0v) is 15.8. The fourth-order valence-electron chi connectivity index (χ4n) is 3.29. The van der Waals surface area contributed by atoms with E-state index < -0.39 is 0 Å². The molecule has 3 heterocycles. The molecule has 1 aliphatic rings. The second-order valence-corrected chi connectivity index (χ2v) is 7.69. The highest BCUT2D eigenvalue weighted by atomic mass is 32.2. The molecule has 0 unspecified atom stereocenters. The second-order valence-electron chi connectivity index (χ2n) is 6.62. The van der Waals surface area contributed by atoms with Crippen molar-refractivity contribution in [3.05, 3.63) is 66.4 Å². The van der Waals surface area contributed by atoms with Gasteiger partial charge in [0.1, 0.15) is 17.3 Å². The minimum atomic E-state index is -0.330. The zero-order valence-electron chi connectivity index (χ0n) is 15.0. The Balaban J connectivity index is 1.58. The number of likely N-dealkylation sites (tertiary alicyclic amines) is 1. The maximum Gasteiger partial charge on any atom is 0.240 e. The Labute approximate surface area is 162 Å². The van der Waals surface area contributed by atoms with E-state index >= 15 is 0 Å². The average molecular weight is 382 g/mol. The standard InChI is InChI=1S/C20H22N4O2S/c25-19(23-11-5-2-6-12-23)18(16-8-3-1-4-9-16)27-20-22-21-15-24(20)14-17-10-7-13-26-17/h1,3-4,7-10,13,15,18H,2,5-6,11-12,14H2/t18-/m0/s1. The van der Waals surface area contributed by atoms with Gasteiger partial charge in [-0.05, 0) is 37.0 Å². The number of furan rings is 1. The third-order valence-corrected chi connectivity index (χ3v) is 5.94.